The second kappa shape index (κ2) is 9.34. The van der Waals surface area contributed by atoms with Crippen LogP contribution in [-0.2, 0) is 11.4 Å². The molecule has 1 aliphatic rings. The first-order valence-corrected chi connectivity index (χ1v) is 11.2. The minimum absolute atomic E-state index is 0.0261. The first kappa shape index (κ1) is 22.8. The summed E-state index contributed by atoms with van der Waals surface area (Å²) in [6.45, 7) is 2.19. The van der Waals surface area contributed by atoms with E-state index in [1.165, 1.54) is 12.1 Å². The number of nitrogens with zero attached hydrogens (tertiary/aromatic N) is 4. The molecule has 1 aliphatic heterocycles. The number of carbonyl (C=O) groups excluding carboxylic acids is 1. The van der Waals surface area contributed by atoms with Gasteiger partial charge in [-0.15, -0.1) is 5.10 Å². The molecule has 4 aromatic rings. The number of nitrogens with two attached hydrogens (primary N) is 1. The van der Waals surface area contributed by atoms with Crippen LogP contribution < -0.4 is 15.8 Å². The molecule has 36 heavy (non-hydrogen) atoms. The number of nitrogens with one attached hydrogen (secondary N) is 1. The Bertz CT molecular complexity index is 1460. The van der Waals surface area contributed by atoms with Gasteiger partial charge in [-0.05, 0) is 42.3 Å². The third kappa shape index (κ3) is 4.39. The van der Waals surface area contributed by atoms with Gasteiger partial charge in [0.15, 0.2) is 5.82 Å². The zero-order valence-electron chi connectivity index (χ0n) is 19.3. The lowest BCUT2D eigenvalue weighted by atomic mass is 9.95. The van der Waals surface area contributed by atoms with Crippen LogP contribution in [0.4, 0.5) is 11.6 Å². The van der Waals surface area contributed by atoms with Crippen LogP contribution in [0.3, 0.4) is 0 Å². The number of amides is 1. The van der Waals surface area contributed by atoms with Crippen LogP contribution in [0.5, 0.6) is 5.75 Å². The Hall–Kier alpha value is -4.99. The zero-order valence-corrected chi connectivity index (χ0v) is 19.3. The Balaban J connectivity index is 1.47. The first-order valence-electron chi connectivity index (χ1n) is 11.2. The lowest BCUT2D eigenvalue weighted by Gasteiger charge is -2.27. The Kier molecular flexibility index (Phi) is 5.91. The fourth-order valence-corrected chi connectivity index (χ4v) is 4.12. The van der Waals surface area contributed by atoms with Crippen molar-refractivity contribution in [1.29, 1.82) is 0 Å². The SMILES string of the molecule is CC1=C(C(N)=O)C(c2ccc(OCc3ccccc3)cc2)n2nc(-c3ccc([N+](=O)[O-])cc3)nc2N1. The van der Waals surface area contributed by atoms with Gasteiger partial charge in [0.1, 0.15) is 18.4 Å². The average Bonchev–Trinajstić information content (AvgIpc) is 3.31. The van der Waals surface area contributed by atoms with Crippen LogP contribution in [0.2, 0.25) is 0 Å². The van der Waals surface area contributed by atoms with Crippen LogP contribution in [0.25, 0.3) is 11.4 Å². The number of hydrogen-bond donors (Lipinski definition) is 2. The highest BCUT2D eigenvalue weighted by Gasteiger charge is 2.33. The van der Waals surface area contributed by atoms with Crippen molar-refractivity contribution < 1.29 is 14.5 Å². The molecule has 1 atom stereocenters. The molecular weight excluding hydrogens is 460 g/mol. The quantitative estimate of drug-likeness (QED) is 0.297. The van der Waals surface area contributed by atoms with E-state index in [0.29, 0.717) is 41.0 Å². The van der Waals surface area contributed by atoms with Crippen LogP contribution in [0, 0.1) is 10.1 Å². The van der Waals surface area contributed by atoms with Gasteiger partial charge in [-0.1, -0.05) is 42.5 Å². The Morgan fingerprint density at radius 1 is 1.08 bits per heavy atom. The second-order valence-electron chi connectivity index (χ2n) is 8.28. The number of carbonyl (C=O) groups is 1. The molecule has 1 unspecified atom stereocenters. The van der Waals surface area contributed by atoms with Crippen molar-refractivity contribution in [2.45, 2.75) is 19.6 Å². The van der Waals surface area contributed by atoms with Gasteiger partial charge in [0.25, 0.3) is 5.69 Å². The van der Waals surface area contributed by atoms with Crippen molar-refractivity contribution in [3.05, 3.63) is 111 Å². The Labute approximate surface area is 206 Å². The number of rotatable bonds is 7. The summed E-state index contributed by atoms with van der Waals surface area (Å²) in [5.74, 6) is 0.898. The fourth-order valence-electron chi connectivity index (χ4n) is 4.12. The third-order valence-corrected chi connectivity index (χ3v) is 5.90. The Morgan fingerprint density at radius 3 is 2.42 bits per heavy atom. The zero-order chi connectivity index (χ0) is 25.2. The number of fused-ring (bicyclic) bond motifs is 1. The van der Waals surface area contributed by atoms with Crippen LogP contribution in [0.15, 0.2) is 90.1 Å². The van der Waals surface area contributed by atoms with E-state index in [4.69, 9.17) is 10.5 Å². The lowest BCUT2D eigenvalue weighted by Crippen LogP contribution is -2.31. The van der Waals surface area contributed by atoms with Crippen LogP contribution in [-0.4, -0.2) is 25.6 Å². The van der Waals surface area contributed by atoms with Crippen molar-refractivity contribution in [2.24, 2.45) is 5.73 Å². The summed E-state index contributed by atoms with van der Waals surface area (Å²) in [5.41, 5.74) is 9.11. The maximum absolute atomic E-state index is 12.4. The average molecular weight is 483 g/mol. The van der Waals surface area contributed by atoms with E-state index >= 15 is 0 Å². The molecule has 180 valence electrons. The summed E-state index contributed by atoms with van der Waals surface area (Å²) < 4.78 is 7.49. The smallest absolute Gasteiger partial charge is 0.269 e. The summed E-state index contributed by atoms with van der Waals surface area (Å²) in [6, 6.07) is 22.6. The number of hydrogen-bond acceptors (Lipinski definition) is 7. The number of allylic oxidation sites excluding steroid dienone is 1. The Morgan fingerprint density at radius 2 is 1.78 bits per heavy atom. The summed E-state index contributed by atoms with van der Waals surface area (Å²) in [7, 11) is 0. The number of non-ortho nitro benzene ring substituents is 1. The molecule has 0 fully saturated rings. The van der Waals surface area contributed by atoms with E-state index in [1.807, 2.05) is 54.6 Å². The summed E-state index contributed by atoms with van der Waals surface area (Å²) in [5, 5.41) is 18.7. The number of nitro benzene ring substituents is 1. The van der Waals surface area contributed by atoms with Crippen molar-refractivity contribution in [3.63, 3.8) is 0 Å². The molecule has 5 rings (SSSR count). The second-order valence-corrected chi connectivity index (χ2v) is 8.28. The minimum Gasteiger partial charge on any atom is -0.489 e. The minimum atomic E-state index is -0.610. The van der Waals surface area contributed by atoms with Gasteiger partial charge in [0.05, 0.1) is 10.5 Å². The van der Waals surface area contributed by atoms with Gasteiger partial charge >= 0.3 is 0 Å². The van der Waals surface area contributed by atoms with Gasteiger partial charge < -0.3 is 15.8 Å². The normalized spacial score (nSPS) is 14.6. The molecule has 3 N–H and O–H groups in total. The molecule has 0 radical (unpaired) electrons. The lowest BCUT2D eigenvalue weighted by molar-refractivity contribution is -0.384. The van der Waals surface area contributed by atoms with E-state index in [2.05, 4.69) is 15.4 Å². The topological polar surface area (TPSA) is 138 Å². The summed E-state index contributed by atoms with van der Waals surface area (Å²) in [6.07, 6.45) is 0. The molecule has 0 aliphatic carbocycles. The van der Waals surface area contributed by atoms with Crippen molar-refractivity contribution in [3.8, 4) is 17.1 Å². The van der Waals surface area contributed by atoms with E-state index in [1.54, 1.807) is 23.7 Å². The molecule has 1 aromatic heterocycles. The van der Waals surface area contributed by atoms with Gasteiger partial charge in [0, 0.05) is 23.4 Å². The van der Waals surface area contributed by atoms with Gasteiger partial charge in [-0.3, -0.25) is 14.9 Å². The van der Waals surface area contributed by atoms with Gasteiger partial charge in [0.2, 0.25) is 11.9 Å². The van der Waals surface area contributed by atoms with Crippen molar-refractivity contribution in [1.82, 2.24) is 14.8 Å². The molecule has 10 heteroatoms. The number of benzene rings is 3. The van der Waals surface area contributed by atoms with Crippen LogP contribution in [0.1, 0.15) is 24.1 Å². The van der Waals surface area contributed by atoms with Gasteiger partial charge in [-0.25, -0.2) is 4.68 Å². The number of nitro groups is 1. The molecule has 0 spiro atoms. The van der Waals surface area contributed by atoms with E-state index in [-0.39, 0.29) is 5.69 Å². The predicted molar refractivity (Wildman–Crippen MR) is 133 cm³/mol. The van der Waals surface area contributed by atoms with Gasteiger partial charge in [-0.2, -0.15) is 4.98 Å². The van der Waals surface area contributed by atoms with Crippen LogP contribution >= 0.6 is 0 Å². The first-order chi connectivity index (χ1) is 17.4. The molecular formula is C26H22N6O4. The van der Waals surface area contributed by atoms with Crippen molar-refractivity contribution >= 4 is 17.5 Å². The number of primary amides is 1. The maximum Gasteiger partial charge on any atom is 0.269 e. The largest absolute Gasteiger partial charge is 0.489 e. The third-order valence-electron chi connectivity index (χ3n) is 5.90. The summed E-state index contributed by atoms with van der Waals surface area (Å²) >= 11 is 0. The van der Waals surface area contributed by atoms with E-state index in [9.17, 15) is 14.9 Å². The maximum atomic E-state index is 12.4. The highest BCUT2D eigenvalue weighted by molar-refractivity contribution is 5.95. The van der Waals surface area contributed by atoms with Crippen molar-refractivity contribution in [2.75, 3.05) is 5.32 Å². The molecule has 0 saturated carbocycles. The molecule has 1 amide bonds. The molecule has 3 aromatic carbocycles. The monoisotopic (exact) mass is 482 g/mol. The highest BCUT2D eigenvalue weighted by atomic mass is 16.6. The number of aromatic nitrogens is 3. The number of anilines is 1. The molecule has 0 bridgehead atoms. The predicted octanol–water partition coefficient (Wildman–Crippen LogP) is 4.21. The molecule has 0 saturated heterocycles. The molecule has 2 heterocycles. The number of ether oxygens (including phenoxy) is 1. The highest BCUT2D eigenvalue weighted by Crippen LogP contribution is 2.36. The molecule has 10 nitrogen and oxygen atoms in total. The standard InChI is InChI=1S/C26H22N6O4/c1-16-22(24(27)33)23(18-9-13-21(14-10-18)36-15-17-5-3-2-4-6-17)31-26(28-16)29-25(30-31)19-7-11-20(12-8-19)32(34)35/h2-14,23H,15H2,1H3,(H2,27,33)(H,28,29,30). The fraction of sp³-hybridized carbons (Fsp3) is 0.115. The van der Waals surface area contributed by atoms with E-state index in [0.717, 1.165) is 11.1 Å². The van der Waals surface area contributed by atoms with E-state index < -0.39 is 16.9 Å². The summed E-state index contributed by atoms with van der Waals surface area (Å²) in [4.78, 5) is 27.5.